The number of rotatable bonds is 8. The lowest BCUT2D eigenvalue weighted by atomic mass is 10.2. The van der Waals surface area contributed by atoms with Gasteiger partial charge in [-0.15, -0.1) is 0 Å². The average Bonchev–Trinajstić information content (AvgIpc) is 3.20. The molecule has 1 N–H and O–H groups in total. The highest BCUT2D eigenvalue weighted by atomic mass is 35.5. The van der Waals surface area contributed by atoms with E-state index in [2.05, 4.69) is 29.2 Å². The van der Waals surface area contributed by atoms with Crippen molar-refractivity contribution in [2.75, 3.05) is 23.3 Å². The fourth-order valence-electron chi connectivity index (χ4n) is 2.80. The van der Waals surface area contributed by atoms with Gasteiger partial charge < -0.3 is 15.0 Å². The van der Waals surface area contributed by atoms with E-state index in [-0.39, 0.29) is 23.4 Å². The molecule has 1 heterocycles. The average molecular weight is 417 g/mol. The highest BCUT2D eigenvalue weighted by Crippen LogP contribution is 2.21. The summed E-state index contributed by atoms with van der Waals surface area (Å²) in [6, 6.07) is 13.4. The van der Waals surface area contributed by atoms with Gasteiger partial charge in [0.2, 0.25) is 0 Å². The fraction of sp³-hybridized carbons (Fsp3) is 0.238. The molecule has 0 atom stereocenters. The van der Waals surface area contributed by atoms with Gasteiger partial charge >= 0.3 is 0 Å². The predicted octanol–water partition coefficient (Wildman–Crippen LogP) is 4.81. The van der Waals surface area contributed by atoms with E-state index in [0.29, 0.717) is 11.4 Å². The van der Waals surface area contributed by atoms with E-state index < -0.39 is 5.82 Å². The van der Waals surface area contributed by atoms with E-state index in [1.807, 2.05) is 24.3 Å². The molecule has 0 bridgehead atoms. The molecule has 8 heteroatoms. The van der Waals surface area contributed by atoms with Crippen LogP contribution in [0.2, 0.25) is 5.02 Å². The van der Waals surface area contributed by atoms with E-state index in [0.717, 1.165) is 18.8 Å². The van der Waals surface area contributed by atoms with Gasteiger partial charge in [0.05, 0.1) is 5.02 Å². The Balaban J connectivity index is 1.58. The molecule has 0 spiro atoms. The summed E-state index contributed by atoms with van der Waals surface area (Å²) >= 11 is 5.73. The quantitative estimate of drug-likeness (QED) is 0.572. The minimum absolute atomic E-state index is 0.0185. The van der Waals surface area contributed by atoms with Crippen LogP contribution in [0.1, 0.15) is 24.3 Å². The number of amides is 1. The van der Waals surface area contributed by atoms with Crippen molar-refractivity contribution in [3.05, 3.63) is 71.3 Å². The molecule has 6 nitrogen and oxygen atoms in total. The monoisotopic (exact) mass is 416 g/mol. The predicted molar refractivity (Wildman–Crippen MR) is 112 cm³/mol. The van der Waals surface area contributed by atoms with Crippen molar-refractivity contribution >= 4 is 28.9 Å². The van der Waals surface area contributed by atoms with Crippen LogP contribution >= 0.6 is 11.6 Å². The minimum Gasteiger partial charge on any atom is -0.471 e. The van der Waals surface area contributed by atoms with Crippen LogP contribution < -0.4 is 15.0 Å². The molecule has 0 radical (unpaired) electrons. The maximum absolute atomic E-state index is 13.2. The first-order chi connectivity index (χ1) is 14.0. The van der Waals surface area contributed by atoms with Crippen LogP contribution in [0.4, 0.5) is 15.8 Å². The lowest BCUT2D eigenvalue weighted by molar-refractivity contribution is 0.102. The van der Waals surface area contributed by atoms with Crippen LogP contribution in [0.15, 0.2) is 54.7 Å². The Morgan fingerprint density at radius 1 is 1.17 bits per heavy atom. The summed E-state index contributed by atoms with van der Waals surface area (Å²) in [6.07, 6.45) is 1.63. The molecule has 0 aliphatic carbocycles. The smallest absolute Gasteiger partial charge is 0.276 e. The highest BCUT2D eigenvalue weighted by molar-refractivity contribution is 6.30. The highest BCUT2D eigenvalue weighted by Gasteiger charge is 2.11. The lowest BCUT2D eigenvalue weighted by Crippen LogP contribution is -2.21. The van der Waals surface area contributed by atoms with E-state index in [1.165, 1.54) is 22.9 Å². The number of ether oxygens (including phenoxy) is 1. The van der Waals surface area contributed by atoms with Crippen LogP contribution in [-0.4, -0.2) is 28.8 Å². The van der Waals surface area contributed by atoms with Gasteiger partial charge in [0.1, 0.15) is 11.6 Å². The van der Waals surface area contributed by atoms with Gasteiger partial charge in [-0.1, -0.05) is 11.6 Å². The van der Waals surface area contributed by atoms with E-state index in [1.54, 1.807) is 12.3 Å². The Labute approximate surface area is 173 Å². The normalized spacial score (nSPS) is 10.6. The molecule has 3 rings (SSSR count). The number of halogens is 2. The van der Waals surface area contributed by atoms with E-state index in [9.17, 15) is 9.18 Å². The maximum Gasteiger partial charge on any atom is 0.276 e. The first-order valence-electron chi connectivity index (χ1n) is 9.27. The van der Waals surface area contributed by atoms with Crippen LogP contribution in [0.5, 0.6) is 5.75 Å². The zero-order valence-electron chi connectivity index (χ0n) is 16.2. The maximum atomic E-state index is 13.2. The zero-order valence-corrected chi connectivity index (χ0v) is 17.0. The summed E-state index contributed by atoms with van der Waals surface area (Å²) in [5.74, 6) is -0.419. The Hall–Kier alpha value is -3.06. The Morgan fingerprint density at radius 2 is 1.90 bits per heavy atom. The second-order valence-corrected chi connectivity index (χ2v) is 6.67. The van der Waals surface area contributed by atoms with E-state index in [4.69, 9.17) is 16.3 Å². The van der Waals surface area contributed by atoms with Crippen molar-refractivity contribution in [1.29, 1.82) is 0 Å². The first kappa shape index (κ1) is 20.7. The summed E-state index contributed by atoms with van der Waals surface area (Å²) in [4.78, 5) is 14.6. The molecule has 3 aromatic rings. The number of hydrogen-bond acceptors (Lipinski definition) is 4. The van der Waals surface area contributed by atoms with Crippen molar-refractivity contribution in [1.82, 2.24) is 9.78 Å². The molecular weight excluding hydrogens is 395 g/mol. The Kier molecular flexibility index (Phi) is 6.72. The van der Waals surface area contributed by atoms with Gasteiger partial charge in [0.15, 0.2) is 12.4 Å². The van der Waals surface area contributed by atoms with Crippen LogP contribution in [0, 0.1) is 5.82 Å². The molecule has 0 aliphatic heterocycles. The largest absolute Gasteiger partial charge is 0.471 e. The van der Waals surface area contributed by atoms with Gasteiger partial charge in [-0.25, -0.2) is 9.07 Å². The number of anilines is 2. The van der Waals surface area contributed by atoms with Crippen LogP contribution in [0.25, 0.3) is 0 Å². The number of carbonyl (C=O) groups excluding carboxylic acids is 1. The third-order valence-electron chi connectivity index (χ3n) is 4.38. The molecular formula is C21H22ClFN4O2. The summed E-state index contributed by atoms with van der Waals surface area (Å²) in [7, 11) is 0. The molecule has 0 unspecified atom stereocenters. The van der Waals surface area contributed by atoms with Crippen LogP contribution in [-0.2, 0) is 6.73 Å². The fourth-order valence-corrected chi connectivity index (χ4v) is 2.97. The molecule has 0 saturated carbocycles. The summed E-state index contributed by atoms with van der Waals surface area (Å²) in [5, 5.41) is 7.01. The topological polar surface area (TPSA) is 59.4 Å². The van der Waals surface area contributed by atoms with Gasteiger partial charge in [-0.05, 0) is 56.3 Å². The Morgan fingerprint density at radius 3 is 2.55 bits per heavy atom. The summed E-state index contributed by atoms with van der Waals surface area (Å²) < 4.78 is 20.2. The zero-order chi connectivity index (χ0) is 20.8. The van der Waals surface area contributed by atoms with Crippen molar-refractivity contribution in [3.8, 4) is 5.75 Å². The number of benzene rings is 2. The standard InChI is InChI=1S/C21H22ClFN4O2/c1-3-26(4-2)16-7-5-15(6-8-16)24-21(28)20-11-12-27(25-20)14-29-17-9-10-19(23)18(22)13-17/h5-13H,3-4,14H2,1-2H3,(H,24,28). The van der Waals surface area contributed by atoms with Crippen molar-refractivity contribution < 1.29 is 13.9 Å². The molecule has 2 aromatic carbocycles. The Bertz CT molecular complexity index is 971. The second-order valence-electron chi connectivity index (χ2n) is 6.26. The molecule has 0 aliphatic rings. The third kappa shape index (κ3) is 5.26. The van der Waals surface area contributed by atoms with Crippen molar-refractivity contribution in [2.45, 2.75) is 20.6 Å². The molecule has 1 aromatic heterocycles. The number of nitrogens with one attached hydrogen (secondary N) is 1. The molecule has 29 heavy (non-hydrogen) atoms. The SMILES string of the molecule is CCN(CC)c1ccc(NC(=O)c2ccn(COc3ccc(F)c(Cl)c3)n2)cc1. The van der Waals surface area contributed by atoms with Gasteiger partial charge in [-0.2, -0.15) is 5.10 Å². The van der Waals surface area contributed by atoms with Crippen LogP contribution in [0.3, 0.4) is 0 Å². The van der Waals surface area contributed by atoms with Gasteiger partial charge in [-0.3, -0.25) is 4.79 Å². The molecule has 0 saturated heterocycles. The minimum atomic E-state index is -0.512. The van der Waals surface area contributed by atoms with Gasteiger partial charge in [0, 0.05) is 36.7 Å². The number of carbonyl (C=O) groups is 1. The molecule has 152 valence electrons. The summed E-state index contributed by atoms with van der Waals surface area (Å²) in [6.45, 7) is 6.11. The van der Waals surface area contributed by atoms with E-state index >= 15 is 0 Å². The lowest BCUT2D eigenvalue weighted by Gasteiger charge is -2.21. The van der Waals surface area contributed by atoms with Crippen molar-refractivity contribution in [2.24, 2.45) is 0 Å². The first-order valence-corrected chi connectivity index (χ1v) is 9.65. The number of hydrogen-bond donors (Lipinski definition) is 1. The molecule has 0 fully saturated rings. The summed E-state index contributed by atoms with van der Waals surface area (Å²) in [5.41, 5.74) is 2.06. The second kappa shape index (κ2) is 9.43. The third-order valence-corrected chi connectivity index (χ3v) is 4.67. The van der Waals surface area contributed by atoms with Gasteiger partial charge in [0.25, 0.3) is 5.91 Å². The number of aromatic nitrogens is 2. The van der Waals surface area contributed by atoms with Crippen molar-refractivity contribution in [3.63, 3.8) is 0 Å². The number of nitrogens with zero attached hydrogens (tertiary/aromatic N) is 3. The molecule has 1 amide bonds.